The fourth-order valence-corrected chi connectivity index (χ4v) is 1.73. The van der Waals surface area contributed by atoms with Gasteiger partial charge in [0, 0.05) is 0 Å². The highest BCUT2D eigenvalue weighted by atomic mass is 16.8. The van der Waals surface area contributed by atoms with Crippen molar-refractivity contribution in [2.24, 2.45) is 0 Å². The Bertz CT molecular complexity index is 239. The van der Waals surface area contributed by atoms with Crippen molar-refractivity contribution in [1.82, 2.24) is 0 Å². The van der Waals surface area contributed by atoms with Gasteiger partial charge in [-0.25, -0.2) is 9.59 Å². The number of carbonyl (C=O) groups is 2. The lowest BCUT2D eigenvalue weighted by Crippen LogP contribution is -2.24. The predicted octanol–water partition coefficient (Wildman–Crippen LogP) is 4.43. The van der Waals surface area contributed by atoms with Crippen LogP contribution in [0.5, 0.6) is 0 Å². The van der Waals surface area contributed by atoms with Gasteiger partial charge in [0.05, 0.1) is 0 Å². The van der Waals surface area contributed by atoms with E-state index in [2.05, 4.69) is 4.74 Å². The summed E-state index contributed by atoms with van der Waals surface area (Å²) in [5.74, 6) is 0. The molecule has 0 aliphatic carbocycles. The van der Waals surface area contributed by atoms with E-state index in [-0.39, 0.29) is 12.2 Å². The molecule has 2 atom stereocenters. The summed E-state index contributed by atoms with van der Waals surface area (Å²) >= 11 is 0. The van der Waals surface area contributed by atoms with E-state index in [9.17, 15) is 9.59 Å². The molecule has 0 aromatic rings. The molecule has 0 aliphatic rings. The summed E-state index contributed by atoms with van der Waals surface area (Å²) in [5.41, 5.74) is 0. The first-order chi connectivity index (χ1) is 9.07. The molecule has 0 aromatic carbocycles. The van der Waals surface area contributed by atoms with Gasteiger partial charge in [-0.05, 0) is 25.7 Å². The summed E-state index contributed by atoms with van der Waals surface area (Å²) in [5, 5.41) is 0. The summed E-state index contributed by atoms with van der Waals surface area (Å²) in [4.78, 5) is 22.8. The number of ether oxygens (including phenoxy) is 3. The second-order valence-electron chi connectivity index (χ2n) is 4.48. The van der Waals surface area contributed by atoms with Crippen molar-refractivity contribution in [3.05, 3.63) is 0 Å². The van der Waals surface area contributed by atoms with Gasteiger partial charge in [0.2, 0.25) is 0 Å². The molecule has 19 heavy (non-hydrogen) atoms. The molecule has 0 N–H and O–H groups in total. The Balaban J connectivity index is 4.06. The molecule has 0 heterocycles. The number of rotatable bonds is 8. The predicted molar refractivity (Wildman–Crippen MR) is 72.0 cm³/mol. The molecule has 5 heteroatoms. The number of carbonyl (C=O) groups excluding carboxylic acids is 2. The maximum absolute atomic E-state index is 11.4. The third-order valence-corrected chi connectivity index (χ3v) is 2.82. The Morgan fingerprint density at radius 1 is 0.789 bits per heavy atom. The van der Waals surface area contributed by atoms with Crippen LogP contribution in [0.3, 0.4) is 0 Å². The summed E-state index contributed by atoms with van der Waals surface area (Å²) in [6, 6.07) is 0. The molecule has 0 aliphatic heterocycles. The van der Waals surface area contributed by atoms with Crippen molar-refractivity contribution in [3.63, 3.8) is 0 Å². The van der Waals surface area contributed by atoms with Crippen molar-refractivity contribution >= 4 is 12.3 Å². The Kier molecular flexibility index (Phi) is 9.94. The minimum Gasteiger partial charge on any atom is -0.431 e. The van der Waals surface area contributed by atoms with Crippen LogP contribution in [-0.4, -0.2) is 24.5 Å². The third-order valence-electron chi connectivity index (χ3n) is 2.82. The van der Waals surface area contributed by atoms with Crippen LogP contribution in [0.4, 0.5) is 9.59 Å². The van der Waals surface area contributed by atoms with Crippen LogP contribution in [0.1, 0.15) is 66.2 Å². The lowest BCUT2D eigenvalue weighted by Gasteiger charge is -2.16. The van der Waals surface area contributed by atoms with E-state index >= 15 is 0 Å². The van der Waals surface area contributed by atoms with Crippen LogP contribution in [0.15, 0.2) is 0 Å². The van der Waals surface area contributed by atoms with Crippen LogP contribution < -0.4 is 0 Å². The normalized spacial score (nSPS) is 13.5. The Morgan fingerprint density at radius 2 is 1.16 bits per heavy atom. The lowest BCUT2D eigenvalue weighted by atomic mass is 10.2. The van der Waals surface area contributed by atoms with Crippen molar-refractivity contribution in [2.45, 2.75) is 78.4 Å². The molecule has 0 amide bonds. The van der Waals surface area contributed by atoms with Gasteiger partial charge in [0.15, 0.2) is 0 Å². The maximum atomic E-state index is 11.4. The van der Waals surface area contributed by atoms with E-state index in [1.807, 2.05) is 27.7 Å². The van der Waals surface area contributed by atoms with Gasteiger partial charge in [-0.1, -0.05) is 40.5 Å². The summed E-state index contributed by atoms with van der Waals surface area (Å²) in [6.07, 6.45) is 2.37. The zero-order valence-corrected chi connectivity index (χ0v) is 12.4. The molecule has 0 fully saturated rings. The molecule has 0 saturated heterocycles. The summed E-state index contributed by atoms with van der Waals surface area (Å²) in [7, 11) is 0. The molecule has 0 spiro atoms. The Labute approximate surface area is 115 Å². The molecular weight excluding hydrogens is 248 g/mol. The van der Waals surface area contributed by atoms with E-state index in [1.54, 1.807) is 0 Å². The van der Waals surface area contributed by atoms with Gasteiger partial charge in [-0.3, -0.25) is 0 Å². The van der Waals surface area contributed by atoms with Crippen LogP contribution in [-0.2, 0) is 14.2 Å². The molecule has 0 radical (unpaired) electrons. The van der Waals surface area contributed by atoms with Gasteiger partial charge in [0.1, 0.15) is 12.2 Å². The smallest absolute Gasteiger partial charge is 0.431 e. The zero-order chi connectivity index (χ0) is 14.7. The van der Waals surface area contributed by atoms with Crippen LogP contribution in [0.25, 0.3) is 0 Å². The molecule has 2 unspecified atom stereocenters. The van der Waals surface area contributed by atoms with E-state index < -0.39 is 12.3 Å². The van der Waals surface area contributed by atoms with Gasteiger partial charge in [0.25, 0.3) is 0 Å². The number of hydrogen-bond donors (Lipinski definition) is 0. The van der Waals surface area contributed by atoms with Crippen molar-refractivity contribution < 1.29 is 23.8 Å². The third kappa shape index (κ3) is 8.46. The second-order valence-corrected chi connectivity index (χ2v) is 4.48. The SMILES string of the molecule is CCCC(CC)OC(=O)OC(=O)OC(CC)CCC. The molecule has 5 nitrogen and oxygen atoms in total. The van der Waals surface area contributed by atoms with Crippen molar-refractivity contribution in [1.29, 1.82) is 0 Å². The van der Waals surface area contributed by atoms with E-state index in [1.165, 1.54) is 0 Å². The van der Waals surface area contributed by atoms with E-state index in [0.29, 0.717) is 12.8 Å². The van der Waals surface area contributed by atoms with Gasteiger partial charge in [-0.2, -0.15) is 0 Å². The monoisotopic (exact) mass is 274 g/mol. The minimum atomic E-state index is -0.975. The first-order valence-electron chi connectivity index (χ1n) is 7.16. The van der Waals surface area contributed by atoms with Gasteiger partial charge < -0.3 is 14.2 Å². The number of hydrogen-bond acceptors (Lipinski definition) is 5. The van der Waals surface area contributed by atoms with Gasteiger partial charge in [-0.15, -0.1) is 0 Å². The highest BCUT2D eigenvalue weighted by molar-refractivity contribution is 5.77. The van der Waals surface area contributed by atoms with Crippen LogP contribution >= 0.6 is 0 Å². The fraction of sp³-hybridized carbons (Fsp3) is 0.857. The Hall–Kier alpha value is -1.26. The fourth-order valence-electron chi connectivity index (χ4n) is 1.73. The van der Waals surface area contributed by atoms with Crippen LogP contribution in [0.2, 0.25) is 0 Å². The van der Waals surface area contributed by atoms with Crippen molar-refractivity contribution in [3.8, 4) is 0 Å². The first kappa shape index (κ1) is 17.7. The summed E-state index contributed by atoms with van der Waals surface area (Å²) in [6.45, 7) is 7.84. The van der Waals surface area contributed by atoms with Crippen molar-refractivity contribution in [2.75, 3.05) is 0 Å². The standard InChI is InChI=1S/C14H26O5/c1-5-9-11(7-3)17-13(15)19-14(16)18-12(8-4)10-6-2/h11-12H,5-10H2,1-4H3. The minimum absolute atomic E-state index is 0.206. The summed E-state index contributed by atoms with van der Waals surface area (Å²) < 4.78 is 14.5. The topological polar surface area (TPSA) is 61.8 Å². The average Bonchev–Trinajstić information content (AvgIpc) is 2.37. The quantitative estimate of drug-likeness (QED) is 0.484. The second kappa shape index (κ2) is 10.6. The van der Waals surface area contributed by atoms with E-state index in [4.69, 9.17) is 9.47 Å². The van der Waals surface area contributed by atoms with E-state index in [0.717, 1.165) is 25.7 Å². The van der Waals surface area contributed by atoms with Gasteiger partial charge >= 0.3 is 12.3 Å². The Morgan fingerprint density at radius 3 is 1.42 bits per heavy atom. The molecule has 0 aromatic heterocycles. The first-order valence-corrected chi connectivity index (χ1v) is 7.16. The lowest BCUT2D eigenvalue weighted by molar-refractivity contribution is -0.00226. The zero-order valence-electron chi connectivity index (χ0n) is 12.4. The van der Waals surface area contributed by atoms with Crippen LogP contribution in [0, 0.1) is 0 Å². The molecule has 0 saturated carbocycles. The molecular formula is C14H26O5. The largest absolute Gasteiger partial charge is 0.518 e. The maximum Gasteiger partial charge on any atom is 0.518 e. The molecule has 0 rings (SSSR count). The highest BCUT2D eigenvalue weighted by Gasteiger charge is 2.20. The molecule has 112 valence electrons. The molecule has 0 bridgehead atoms. The average molecular weight is 274 g/mol. The highest BCUT2D eigenvalue weighted by Crippen LogP contribution is 2.10.